The van der Waals surface area contributed by atoms with E-state index in [1.54, 1.807) is 13.1 Å². The van der Waals surface area contributed by atoms with Crippen LogP contribution in [0, 0.1) is 17.8 Å². The lowest BCUT2D eigenvalue weighted by Gasteiger charge is -2.27. The van der Waals surface area contributed by atoms with Gasteiger partial charge in [0.1, 0.15) is 34.4 Å². The molecule has 0 saturated carbocycles. The largest absolute Gasteiger partial charge is 0.490 e. The second-order valence-electron chi connectivity index (χ2n) is 8.42. The summed E-state index contributed by atoms with van der Waals surface area (Å²) in [6.07, 6.45) is 4.28. The van der Waals surface area contributed by atoms with Crippen LogP contribution in [0.4, 0.5) is 0 Å². The van der Waals surface area contributed by atoms with Crippen LogP contribution in [0.15, 0.2) is 16.5 Å². The first-order valence-electron chi connectivity index (χ1n) is 11.6. The molecule has 0 aromatic carbocycles. The highest BCUT2D eigenvalue weighted by atomic mass is 32.2. The highest BCUT2D eigenvalue weighted by Gasteiger charge is 2.25. The van der Waals surface area contributed by atoms with Crippen molar-refractivity contribution in [1.82, 2.24) is 14.5 Å². The number of pyridine rings is 1. The third kappa shape index (κ3) is 5.46. The zero-order valence-electron chi connectivity index (χ0n) is 19.5. The van der Waals surface area contributed by atoms with Gasteiger partial charge >= 0.3 is 0 Å². The van der Waals surface area contributed by atoms with E-state index >= 15 is 0 Å². The van der Waals surface area contributed by atoms with Crippen molar-refractivity contribution in [3.8, 4) is 17.6 Å². The molecule has 182 valence electrons. The Kier molecular flexibility index (Phi) is 7.92. The molecule has 2 atom stereocenters. The Hall–Kier alpha value is -2.81. The number of nitrogens with zero attached hydrogens (tertiary/aromatic N) is 5. The molecule has 11 heteroatoms. The summed E-state index contributed by atoms with van der Waals surface area (Å²) in [5, 5.41) is 17.3. The van der Waals surface area contributed by atoms with Crippen LogP contribution in [-0.4, -0.2) is 61.4 Å². The van der Waals surface area contributed by atoms with Crippen LogP contribution >= 0.6 is 11.8 Å². The highest BCUT2D eigenvalue weighted by molar-refractivity contribution is 7.99. The number of aromatic nitrogens is 3. The number of aliphatic hydroxyl groups excluding tert-OH is 1. The molecule has 10 nitrogen and oxygen atoms in total. The number of nitrogens with two attached hydrogens (primary N) is 2. The van der Waals surface area contributed by atoms with E-state index in [4.69, 9.17) is 26.1 Å². The molecule has 0 aliphatic carbocycles. The first-order valence-corrected chi connectivity index (χ1v) is 12.7. The average Bonchev–Trinajstić information content (AvgIpc) is 3.24. The first-order chi connectivity index (χ1) is 16.5. The fraction of sp³-hybridized carbons (Fsp3) is 0.565. The minimum atomic E-state index is -0.785. The Morgan fingerprint density at radius 2 is 2.15 bits per heavy atom. The summed E-state index contributed by atoms with van der Waals surface area (Å²) in [5.41, 5.74) is 14.7. The van der Waals surface area contributed by atoms with Gasteiger partial charge in [-0.2, -0.15) is 11.8 Å². The van der Waals surface area contributed by atoms with Crippen molar-refractivity contribution in [3.63, 3.8) is 0 Å². The molecule has 2 aliphatic heterocycles. The summed E-state index contributed by atoms with van der Waals surface area (Å²) in [4.78, 5) is 14.2. The van der Waals surface area contributed by atoms with Gasteiger partial charge in [-0.25, -0.2) is 14.9 Å². The lowest BCUT2D eigenvalue weighted by atomic mass is 9.92. The van der Waals surface area contributed by atoms with Gasteiger partial charge in [0.05, 0.1) is 19.2 Å². The summed E-state index contributed by atoms with van der Waals surface area (Å²) >= 11 is 2.00. The number of aryl methyl sites for hydroxylation is 1. The van der Waals surface area contributed by atoms with E-state index in [9.17, 15) is 5.11 Å². The highest BCUT2D eigenvalue weighted by Crippen LogP contribution is 2.30. The van der Waals surface area contributed by atoms with E-state index in [1.807, 2.05) is 23.3 Å². The third-order valence-corrected chi connectivity index (χ3v) is 7.00. The second-order valence-corrected chi connectivity index (χ2v) is 9.65. The number of amidine groups is 1. The van der Waals surface area contributed by atoms with Gasteiger partial charge in [-0.3, -0.25) is 0 Å². The number of rotatable bonds is 7. The lowest BCUT2D eigenvalue weighted by molar-refractivity contribution is 0.150. The Morgan fingerprint density at radius 3 is 2.85 bits per heavy atom. The van der Waals surface area contributed by atoms with Crippen molar-refractivity contribution in [3.05, 3.63) is 17.7 Å². The van der Waals surface area contributed by atoms with Crippen molar-refractivity contribution in [2.24, 2.45) is 27.7 Å². The molecule has 2 aromatic heterocycles. The van der Waals surface area contributed by atoms with Crippen molar-refractivity contribution in [1.29, 1.82) is 0 Å². The van der Waals surface area contributed by atoms with Gasteiger partial charge in [0, 0.05) is 12.6 Å². The van der Waals surface area contributed by atoms with Crippen LogP contribution in [0.3, 0.4) is 0 Å². The molecule has 0 bridgehead atoms. The van der Waals surface area contributed by atoms with E-state index in [0.717, 1.165) is 24.8 Å². The van der Waals surface area contributed by atoms with Gasteiger partial charge in [-0.15, -0.1) is 0 Å². The molecule has 0 spiro atoms. The zero-order valence-corrected chi connectivity index (χ0v) is 20.3. The lowest BCUT2D eigenvalue weighted by Crippen LogP contribution is -2.34. The fourth-order valence-corrected chi connectivity index (χ4v) is 5.32. The zero-order chi connectivity index (χ0) is 24.1. The number of thioether (sulfide) groups is 1. The number of ether oxygens (including phenoxy) is 1. The molecule has 2 unspecified atom stereocenters. The Balaban J connectivity index is 1.65. The molecule has 2 aromatic rings. The van der Waals surface area contributed by atoms with Crippen molar-refractivity contribution in [2.75, 3.05) is 18.1 Å². The van der Waals surface area contributed by atoms with Gasteiger partial charge in [-0.05, 0) is 61.6 Å². The second kappa shape index (κ2) is 11.1. The van der Waals surface area contributed by atoms with E-state index in [0.29, 0.717) is 59.8 Å². The number of imidazole rings is 1. The van der Waals surface area contributed by atoms with Gasteiger partial charge in [0.15, 0.2) is 11.6 Å². The molecule has 0 amide bonds. The van der Waals surface area contributed by atoms with Crippen LogP contribution in [-0.2, 0) is 11.5 Å². The van der Waals surface area contributed by atoms with Crippen LogP contribution in [0.1, 0.15) is 51.0 Å². The Bertz CT molecular complexity index is 1140. The summed E-state index contributed by atoms with van der Waals surface area (Å²) in [5.74, 6) is 10.1. The van der Waals surface area contributed by atoms with Crippen molar-refractivity contribution >= 4 is 34.3 Å². The summed E-state index contributed by atoms with van der Waals surface area (Å²) < 4.78 is 8.19. The minimum Gasteiger partial charge on any atom is -0.490 e. The van der Waals surface area contributed by atoms with Crippen LogP contribution in [0.2, 0.25) is 0 Å². The predicted octanol–water partition coefficient (Wildman–Crippen LogP) is 1.82. The smallest absolute Gasteiger partial charge is 0.163 e. The van der Waals surface area contributed by atoms with E-state index in [1.165, 1.54) is 11.5 Å². The van der Waals surface area contributed by atoms with Crippen molar-refractivity contribution in [2.45, 2.75) is 58.2 Å². The number of fused-ring (bicyclic) bond motifs is 1. The summed E-state index contributed by atoms with van der Waals surface area (Å²) in [6.45, 7) is 4.69. The number of hydrogen-bond donors (Lipinski definition) is 3. The monoisotopic (exact) mass is 485 g/mol. The maximum Gasteiger partial charge on any atom is 0.163 e. The Morgan fingerprint density at radius 1 is 1.35 bits per heavy atom. The third-order valence-electron chi connectivity index (χ3n) is 5.95. The molecule has 5 N–H and O–H groups in total. The maximum absolute atomic E-state index is 9.63. The molecule has 2 aliphatic rings. The maximum atomic E-state index is 9.63. The summed E-state index contributed by atoms with van der Waals surface area (Å²) in [6, 6.07) is 0.114. The number of aliphatic hydroxyl groups is 1. The molecule has 4 heterocycles. The van der Waals surface area contributed by atoms with E-state index in [-0.39, 0.29) is 6.04 Å². The van der Waals surface area contributed by atoms with Gasteiger partial charge in [0.25, 0.3) is 0 Å². The van der Waals surface area contributed by atoms with Crippen LogP contribution < -0.4 is 16.2 Å². The quantitative estimate of drug-likeness (QED) is 0.503. The number of hydrogen-bond acceptors (Lipinski definition) is 10. The van der Waals surface area contributed by atoms with Crippen LogP contribution in [0.5, 0.6) is 5.75 Å². The first kappa shape index (κ1) is 24.3. The summed E-state index contributed by atoms with van der Waals surface area (Å²) in [7, 11) is 0. The average molecular weight is 486 g/mol. The molecule has 1 saturated heterocycles. The Labute approximate surface area is 203 Å². The van der Waals surface area contributed by atoms with E-state index < -0.39 is 6.10 Å². The van der Waals surface area contributed by atoms with Crippen LogP contribution in [0.25, 0.3) is 11.0 Å². The molecule has 0 radical (unpaired) electrons. The predicted molar refractivity (Wildman–Crippen MR) is 134 cm³/mol. The molecular formula is C23H31N7O3S. The normalized spacial score (nSPS) is 18.4. The number of oxime groups is 2. The van der Waals surface area contributed by atoms with E-state index in [2.05, 4.69) is 27.1 Å². The molecule has 1 fully saturated rings. The molecule has 4 rings (SSSR count). The topological polar surface area (TPSA) is 146 Å². The minimum absolute atomic E-state index is 0.114. The standard InChI is InChI=1S/C23H31N7O3S/c1-3-30-22-19(32-9-6-16(24)15-7-10-34-11-8-15)13-26-17(5-4-14(2)31)21(22)27-23(30)18-12-20(25)29-33-28-18/h13-16,31H,3,6-12,24H2,1-2H3,(H2,25,29). The van der Waals surface area contributed by atoms with Gasteiger partial charge in [-0.1, -0.05) is 11.1 Å². The van der Waals surface area contributed by atoms with Gasteiger partial charge < -0.3 is 25.9 Å². The SMILES string of the molecule is CCn1c(C2=NON=C(N)C2)nc2c(C#CC(C)O)ncc(OCCC(N)C3CCSCC3)c21. The van der Waals surface area contributed by atoms with Crippen molar-refractivity contribution < 1.29 is 14.8 Å². The van der Waals surface area contributed by atoms with Gasteiger partial charge in [0.2, 0.25) is 0 Å². The fourth-order valence-electron chi connectivity index (χ4n) is 4.17. The molecule has 34 heavy (non-hydrogen) atoms. The molecular weight excluding hydrogens is 454 g/mol.